The average Bonchev–Trinajstić information content (AvgIpc) is 2.92. The highest BCUT2D eigenvalue weighted by Crippen LogP contribution is 2.14. The molecule has 1 rings (SSSR count). The molecule has 0 heterocycles. The van der Waals surface area contributed by atoms with E-state index in [0.717, 1.165) is 0 Å². The highest BCUT2D eigenvalue weighted by Gasteiger charge is 2.32. The first-order chi connectivity index (χ1) is 19.6. The van der Waals surface area contributed by atoms with Crippen LogP contribution in [0.3, 0.4) is 0 Å². The lowest BCUT2D eigenvalue weighted by Gasteiger charge is -2.28. The zero-order valence-corrected chi connectivity index (χ0v) is 24.4. The third kappa shape index (κ3) is 13.0. The Bertz CT molecular complexity index is 1090. The van der Waals surface area contributed by atoms with Crippen molar-refractivity contribution >= 4 is 35.6 Å². The van der Waals surface area contributed by atoms with E-state index >= 15 is 0 Å². The van der Waals surface area contributed by atoms with E-state index < -0.39 is 66.3 Å². The number of hydrogen-bond acceptors (Lipinski definition) is 8. The number of carbonyl (C=O) groups is 6. The van der Waals surface area contributed by atoms with Crippen LogP contribution in [0.2, 0.25) is 0 Å². The van der Waals surface area contributed by atoms with Crippen LogP contribution in [0.1, 0.15) is 58.9 Å². The van der Waals surface area contributed by atoms with E-state index in [-0.39, 0.29) is 43.3 Å². The number of nitrogens with one attached hydrogen (secondary N) is 4. The van der Waals surface area contributed by atoms with Gasteiger partial charge in [-0.2, -0.15) is 0 Å². The summed E-state index contributed by atoms with van der Waals surface area (Å²) in [6.07, 6.45) is 0.199. The van der Waals surface area contributed by atoms with Crippen LogP contribution in [0.25, 0.3) is 0 Å². The van der Waals surface area contributed by atoms with Crippen molar-refractivity contribution in [2.24, 2.45) is 17.6 Å². The van der Waals surface area contributed by atoms with Gasteiger partial charge in [-0.15, -0.1) is 0 Å². The molecule has 1 aromatic carbocycles. The molecule has 1 aromatic rings. The first-order valence-corrected chi connectivity index (χ1v) is 13.8. The van der Waals surface area contributed by atoms with Crippen LogP contribution in [-0.2, 0) is 35.2 Å². The number of hydrogen-bond donors (Lipinski definition) is 8. The smallest absolute Gasteiger partial charge is 0.326 e. The van der Waals surface area contributed by atoms with E-state index in [1.807, 2.05) is 13.8 Å². The van der Waals surface area contributed by atoms with Crippen molar-refractivity contribution in [1.29, 1.82) is 0 Å². The van der Waals surface area contributed by atoms with Crippen molar-refractivity contribution in [3.8, 4) is 5.75 Å². The zero-order chi connectivity index (χ0) is 32.0. The van der Waals surface area contributed by atoms with Gasteiger partial charge in [0.05, 0.1) is 12.6 Å². The molecule has 9 N–H and O–H groups in total. The average molecular weight is 594 g/mol. The minimum absolute atomic E-state index is 0.0129. The molecule has 0 aliphatic rings. The maximum Gasteiger partial charge on any atom is 0.326 e. The summed E-state index contributed by atoms with van der Waals surface area (Å²) >= 11 is 0. The third-order valence-corrected chi connectivity index (χ3v) is 6.57. The number of nitrogens with two attached hydrogens (primary N) is 1. The molecular formula is C28H43N5O9. The summed E-state index contributed by atoms with van der Waals surface area (Å²) in [5.41, 5.74) is 6.21. The first-order valence-electron chi connectivity index (χ1n) is 13.8. The maximum atomic E-state index is 13.3. The molecule has 4 amide bonds. The van der Waals surface area contributed by atoms with Gasteiger partial charge in [0.1, 0.15) is 23.9 Å². The number of carbonyl (C=O) groups excluding carboxylic acids is 4. The number of carboxylic acids is 2. The Morgan fingerprint density at radius 1 is 0.857 bits per heavy atom. The Hall–Kier alpha value is -4.20. The van der Waals surface area contributed by atoms with Crippen LogP contribution in [-0.4, -0.2) is 81.6 Å². The SMILES string of the molecule is CC[C@H](C)[C@H](NC(=O)[C@H](CC(C)C)NC(=O)CNC(=O)[C@@H](N)CCC(=O)O)C(=O)N[C@@H](Cc1ccc(O)cc1)C(=O)O. The second kappa shape index (κ2) is 17.6. The van der Waals surface area contributed by atoms with Crippen LogP contribution in [0, 0.1) is 11.8 Å². The topological polar surface area (TPSA) is 237 Å². The van der Waals surface area contributed by atoms with Crippen LogP contribution in [0.4, 0.5) is 0 Å². The van der Waals surface area contributed by atoms with E-state index in [2.05, 4.69) is 21.3 Å². The molecule has 5 atom stereocenters. The third-order valence-electron chi connectivity index (χ3n) is 6.57. The highest BCUT2D eigenvalue weighted by atomic mass is 16.4. The summed E-state index contributed by atoms with van der Waals surface area (Å²) in [7, 11) is 0. The second-order valence-electron chi connectivity index (χ2n) is 10.6. The van der Waals surface area contributed by atoms with E-state index in [4.69, 9.17) is 10.8 Å². The Labute approximate surface area is 244 Å². The van der Waals surface area contributed by atoms with E-state index in [0.29, 0.717) is 12.0 Å². The number of phenols is 1. The van der Waals surface area contributed by atoms with Crippen molar-refractivity contribution in [1.82, 2.24) is 21.3 Å². The van der Waals surface area contributed by atoms with Crippen molar-refractivity contribution < 1.29 is 44.1 Å². The van der Waals surface area contributed by atoms with Crippen LogP contribution < -0.4 is 27.0 Å². The molecule has 0 aliphatic carbocycles. The summed E-state index contributed by atoms with van der Waals surface area (Å²) in [5.74, 6) is -5.59. The Kier molecular flexibility index (Phi) is 15.0. The predicted molar refractivity (Wildman–Crippen MR) is 152 cm³/mol. The van der Waals surface area contributed by atoms with Crippen LogP contribution in [0.5, 0.6) is 5.75 Å². The molecule has 0 aliphatic heterocycles. The van der Waals surface area contributed by atoms with E-state index in [1.54, 1.807) is 13.8 Å². The Morgan fingerprint density at radius 3 is 2.00 bits per heavy atom. The van der Waals surface area contributed by atoms with Gasteiger partial charge in [0.15, 0.2) is 0 Å². The Balaban J connectivity index is 2.93. The summed E-state index contributed by atoms with van der Waals surface area (Å²) in [6, 6.07) is 1.28. The molecule has 0 radical (unpaired) electrons. The second-order valence-corrected chi connectivity index (χ2v) is 10.6. The fourth-order valence-electron chi connectivity index (χ4n) is 3.94. The summed E-state index contributed by atoms with van der Waals surface area (Å²) in [4.78, 5) is 73.7. The number of phenolic OH excluding ortho intramolecular Hbond substituents is 1. The number of amides is 4. The van der Waals surface area contributed by atoms with E-state index in [9.17, 15) is 39.0 Å². The van der Waals surface area contributed by atoms with Gasteiger partial charge < -0.3 is 42.3 Å². The molecule has 0 unspecified atom stereocenters. The van der Waals surface area contributed by atoms with Gasteiger partial charge in [0.2, 0.25) is 23.6 Å². The molecule has 0 saturated carbocycles. The lowest BCUT2D eigenvalue weighted by Crippen LogP contribution is -2.58. The van der Waals surface area contributed by atoms with E-state index in [1.165, 1.54) is 24.3 Å². The highest BCUT2D eigenvalue weighted by molar-refractivity contribution is 5.94. The number of benzene rings is 1. The lowest BCUT2D eigenvalue weighted by atomic mass is 9.96. The van der Waals surface area contributed by atoms with Gasteiger partial charge in [-0.05, 0) is 42.4 Å². The zero-order valence-electron chi connectivity index (χ0n) is 24.4. The van der Waals surface area contributed by atoms with Crippen molar-refractivity contribution in [2.45, 2.75) is 84.0 Å². The predicted octanol–water partition coefficient (Wildman–Crippen LogP) is -0.126. The van der Waals surface area contributed by atoms with Gasteiger partial charge in [-0.1, -0.05) is 46.2 Å². The number of aromatic hydroxyl groups is 1. The monoisotopic (exact) mass is 593 g/mol. The minimum atomic E-state index is -1.30. The minimum Gasteiger partial charge on any atom is -0.508 e. The van der Waals surface area contributed by atoms with Gasteiger partial charge in [0.25, 0.3) is 0 Å². The number of aliphatic carboxylic acids is 2. The number of rotatable bonds is 18. The maximum absolute atomic E-state index is 13.3. The fraction of sp³-hybridized carbons (Fsp3) is 0.571. The lowest BCUT2D eigenvalue weighted by molar-refractivity contribution is -0.142. The molecule has 14 nitrogen and oxygen atoms in total. The molecule has 0 aromatic heterocycles. The molecule has 0 fully saturated rings. The molecule has 14 heteroatoms. The molecule has 0 spiro atoms. The first kappa shape index (κ1) is 35.8. The summed E-state index contributed by atoms with van der Waals surface area (Å²) < 4.78 is 0. The quantitative estimate of drug-likeness (QED) is 0.112. The van der Waals surface area contributed by atoms with Gasteiger partial charge in [0, 0.05) is 12.8 Å². The summed E-state index contributed by atoms with van der Waals surface area (Å²) in [5, 5.41) is 37.9. The van der Waals surface area contributed by atoms with Crippen LogP contribution >= 0.6 is 0 Å². The van der Waals surface area contributed by atoms with Crippen molar-refractivity contribution in [2.75, 3.05) is 6.54 Å². The largest absolute Gasteiger partial charge is 0.508 e. The molecule has 0 saturated heterocycles. The fourth-order valence-corrected chi connectivity index (χ4v) is 3.94. The molecular weight excluding hydrogens is 550 g/mol. The normalized spacial score (nSPS) is 14.5. The van der Waals surface area contributed by atoms with Crippen LogP contribution in [0.15, 0.2) is 24.3 Å². The number of carboxylic acid groups (broad SMARTS) is 2. The van der Waals surface area contributed by atoms with Gasteiger partial charge >= 0.3 is 11.9 Å². The Morgan fingerprint density at radius 2 is 1.48 bits per heavy atom. The molecule has 42 heavy (non-hydrogen) atoms. The molecule has 234 valence electrons. The summed E-state index contributed by atoms with van der Waals surface area (Å²) in [6.45, 7) is 6.68. The van der Waals surface area contributed by atoms with Gasteiger partial charge in [-0.25, -0.2) is 4.79 Å². The van der Waals surface area contributed by atoms with Crippen molar-refractivity contribution in [3.63, 3.8) is 0 Å². The van der Waals surface area contributed by atoms with Crippen molar-refractivity contribution in [3.05, 3.63) is 29.8 Å². The molecule has 0 bridgehead atoms. The standard InChI is InChI=1S/C28H43N5O9/c1-5-16(4)24(27(40)32-21(28(41)42)13-17-6-8-18(34)9-7-17)33-26(39)20(12-15(2)3)31-22(35)14-30-25(38)19(29)10-11-23(36)37/h6-9,15-16,19-21,24,34H,5,10-14,29H2,1-4H3,(H,30,38)(H,31,35)(H,32,40)(H,33,39)(H,36,37)(H,41,42)/t16-,19-,20-,21-,24-/m0/s1. The van der Waals surface area contributed by atoms with Gasteiger partial charge in [-0.3, -0.25) is 24.0 Å².